The fraction of sp³-hybridized carbons (Fsp3) is 0.500. The number of benzene rings is 1. The Balaban J connectivity index is 0.00000324. The van der Waals surface area contributed by atoms with E-state index in [1.54, 1.807) is 0 Å². The molecule has 0 aliphatic carbocycles. The van der Waals surface area contributed by atoms with E-state index < -0.39 is 0 Å². The zero-order valence-electron chi connectivity index (χ0n) is 11.6. The number of carbonyl (C=O) groups excluding carboxylic acids is 1. The molecule has 0 saturated carbocycles. The molecule has 0 heterocycles. The van der Waals surface area contributed by atoms with Gasteiger partial charge in [-0.2, -0.15) is 11.8 Å². The minimum Gasteiger partial charge on any atom is -0.355 e. The molecule has 5 heteroatoms. The van der Waals surface area contributed by atoms with Crippen molar-refractivity contribution in [2.24, 2.45) is 0 Å². The van der Waals surface area contributed by atoms with E-state index in [0.717, 1.165) is 24.6 Å². The van der Waals surface area contributed by atoms with E-state index in [-0.39, 0.29) is 18.3 Å². The second kappa shape index (κ2) is 11.1. The lowest BCUT2D eigenvalue weighted by molar-refractivity contribution is -0.120. The van der Waals surface area contributed by atoms with E-state index >= 15 is 0 Å². The van der Waals surface area contributed by atoms with E-state index in [1.807, 2.05) is 18.8 Å². The van der Waals surface area contributed by atoms with Crippen LogP contribution in [0.25, 0.3) is 0 Å². The van der Waals surface area contributed by atoms with Gasteiger partial charge >= 0.3 is 0 Å². The third kappa shape index (κ3) is 8.92. The molecular formula is C14H23ClN2OS. The molecule has 0 saturated heterocycles. The first kappa shape index (κ1) is 18.3. The van der Waals surface area contributed by atoms with E-state index in [9.17, 15) is 4.79 Å². The van der Waals surface area contributed by atoms with Crippen LogP contribution in [0, 0.1) is 6.92 Å². The van der Waals surface area contributed by atoms with Crippen LogP contribution in [0.4, 0.5) is 0 Å². The summed E-state index contributed by atoms with van der Waals surface area (Å²) >= 11 is 1.85. The molecule has 1 aromatic rings. The smallest absolute Gasteiger partial charge is 0.221 e. The second-order valence-corrected chi connectivity index (χ2v) is 5.35. The third-order valence-corrected chi connectivity index (χ3v) is 3.59. The highest BCUT2D eigenvalue weighted by molar-refractivity contribution is 7.98. The standard InChI is InChI=1S/C14H22N2OS.ClH/c1-12-3-5-13(6-4-12)11-18-10-9-16-14(17)7-8-15-2;/h3-6,15H,7-11H2,1-2H3,(H,16,17);1H. The fourth-order valence-electron chi connectivity index (χ4n) is 1.46. The Labute approximate surface area is 126 Å². The van der Waals surface area contributed by atoms with Crippen LogP contribution in [0.1, 0.15) is 17.5 Å². The van der Waals surface area contributed by atoms with Gasteiger partial charge in [0.05, 0.1) is 0 Å². The number of nitrogens with one attached hydrogen (secondary N) is 2. The highest BCUT2D eigenvalue weighted by Gasteiger charge is 1.99. The molecule has 0 aliphatic rings. The molecule has 1 rings (SSSR count). The zero-order valence-corrected chi connectivity index (χ0v) is 13.2. The van der Waals surface area contributed by atoms with E-state index in [4.69, 9.17) is 0 Å². The summed E-state index contributed by atoms with van der Waals surface area (Å²) in [5.74, 6) is 2.09. The Morgan fingerprint density at radius 3 is 2.53 bits per heavy atom. The van der Waals surface area contributed by atoms with Crippen molar-refractivity contribution in [3.05, 3.63) is 35.4 Å². The monoisotopic (exact) mass is 302 g/mol. The van der Waals surface area contributed by atoms with Gasteiger partial charge in [0.2, 0.25) is 5.91 Å². The van der Waals surface area contributed by atoms with E-state index in [0.29, 0.717) is 6.42 Å². The molecule has 0 unspecified atom stereocenters. The van der Waals surface area contributed by atoms with Crippen molar-refractivity contribution < 1.29 is 4.79 Å². The predicted molar refractivity (Wildman–Crippen MR) is 86.1 cm³/mol. The summed E-state index contributed by atoms with van der Waals surface area (Å²) < 4.78 is 0. The quantitative estimate of drug-likeness (QED) is 0.725. The minimum absolute atomic E-state index is 0. The lowest BCUT2D eigenvalue weighted by atomic mass is 10.2. The number of halogens is 1. The largest absolute Gasteiger partial charge is 0.355 e. The predicted octanol–water partition coefficient (Wildman–Crippen LogP) is 2.38. The van der Waals surface area contributed by atoms with Crippen LogP contribution in [-0.4, -0.2) is 31.8 Å². The van der Waals surface area contributed by atoms with Gasteiger partial charge in [0.25, 0.3) is 0 Å². The molecule has 1 amide bonds. The molecule has 1 aromatic carbocycles. The average molecular weight is 303 g/mol. The molecular weight excluding hydrogens is 280 g/mol. The maximum Gasteiger partial charge on any atom is 0.221 e. The molecule has 0 atom stereocenters. The van der Waals surface area contributed by atoms with Gasteiger partial charge in [-0.25, -0.2) is 0 Å². The van der Waals surface area contributed by atoms with Crippen LogP contribution in [0.3, 0.4) is 0 Å². The third-order valence-electron chi connectivity index (χ3n) is 2.56. The van der Waals surface area contributed by atoms with Crippen LogP contribution < -0.4 is 10.6 Å². The number of thioether (sulfide) groups is 1. The summed E-state index contributed by atoms with van der Waals surface area (Å²) in [6.07, 6.45) is 0.555. The highest BCUT2D eigenvalue weighted by Crippen LogP contribution is 2.12. The highest BCUT2D eigenvalue weighted by atomic mass is 35.5. The van der Waals surface area contributed by atoms with Crippen molar-refractivity contribution in [2.45, 2.75) is 19.1 Å². The maximum atomic E-state index is 11.3. The molecule has 19 heavy (non-hydrogen) atoms. The molecule has 0 bridgehead atoms. The summed E-state index contributed by atoms with van der Waals surface area (Å²) in [5.41, 5.74) is 2.63. The Kier molecular flexibility index (Phi) is 10.7. The summed E-state index contributed by atoms with van der Waals surface area (Å²) in [6, 6.07) is 8.59. The van der Waals surface area contributed by atoms with Gasteiger partial charge in [0.15, 0.2) is 0 Å². The number of amides is 1. The van der Waals surface area contributed by atoms with Crippen molar-refractivity contribution in [3.63, 3.8) is 0 Å². The second-order valence-electron chi connectivity index (χ2n) is 4.24. The fourth-order valence-corrected chi connectivity index (χ4v) is 2.28. The number of rotatable bonds is 8. The van der Waals surface area contributed by atoms with E-state index in [1.165, 1.54) is 11.1 Å². The van der Waals surface area contributed by atoms with Gasteiger partial charge in [-0.15, -0.1) is 12.4 Å². The number of carbonyl (C=O) groups is 1. The van der Waals surface area contributed by atoms with Gasteiger partial charge in [-0.05, 0) is 19.5 Å². The topological polar surface area (TPSA) is 41.1 Å². The average Bonchev–Trinajstić information content (AvgIpc) is 2.38. The molecule has 2 N–H and O–H groups in total. The van der Waals surface area contributed by atoms with Crippen molar-refractivity contribution in [2.75, 3.05) is 25.9 Å². The first-order chi connectivity index (χ1) is 8.72. The van der Waals surface area contributed by atoms with E-state index in [2.05, 4.69) is 41.8 Å². The number of hydrogen-bond donors (Lipinski definition) is 2. The van der Waals surface area contributed by atoms with Crippen LogP contribution >= 0.6 is 24.2 Å². The zero-order chi connectivity index (χ0) is 13.2. The number of aryl methyl sites for hydroxylation is 1. The molecule has 108 valence electrons. The SMILES string of the molecule is CNCCC(=O)NCCSCc1ccc(C)cc1.Cl. The van der Waals surface area contributed by atoms with Crippen LogP contribution in [-0.2, 0) is 10.5 Å². The lowest BCUT2D eigenvalue weighted by Crippen LogP contribution is -2.28. The lowest BCUT2D eigenvalue weighted by Gasteiger charge is -2.05. The summed E-state index contributed by atoms with van der Waals surface area (Å²) in [7, 11) is 1.85. The van der Waals surface area contributed by atoms with Crippen molar-refractivity contribution in [1.29, 1.82) is 0 Å². The van der Waals surface area contributed by atoms with Gasteiger partial charge in [0.1, 0.15) is 0 Å². The molecule has 0 aliphatic heterocycles. The number of hydrogen-bond acceptors (Lipinski definition) is 3. The van der Waals surface area contributed by atoms with Crippen LogP contribution in [0.2, 0.25) is 0 Å². The van der Waals surface area contributed by atoms with Gasteiger partial charge in [-0.1, -0.05) is 29.8 Å². The molecule has 0 spiro atoms. The summed E-state index contributed by atoms with van der Waals surface area (Å²) in [6.45, 7) is 3.58. The Hall–Kier alpha value is -0.710. The minimum atomic E-state index is 0. The Bertz CT molecular complexity index is 357. The normalized spacial score (nSPS) is 9.79. The van der Waals surface area contributed by atoms with Crippen LogP contribution in [0.5, 0.6) is 0 Å². The van der Waals surface area contributed by atoms with Gasteiger partial charge < -0.3 is 10.6 Å². The molecule has 3 nitrogen and oxygen atoms in total. The van der Waals surface area contributed by atoms with Crippen molar-refractivity contribution in [3.8, 4) is 0 Å². The van der Waals surface area contributed by atoms with Crippen LogP contribution in [0.15, 0.2) is 24.3 Å². The van der Waals surface area contributed by atoms with Gasteiger partial charge in [0, 0.05) is 31.0 Å². The van der Waals surface area contributed by atoms with Crippen molar-refractivity contribution in [1.82, 2.24) is 10.6 Å². The Morgan fingerprint density at radius 1 is 1.21 bits per heavy atom. The van der Waals surface area contributed by atoms with Crippen molar-refractivity contribution >= 4 is 30.1 Å². The summed E-state index contributed by atoms with van der Waals surface area (Å²) in [4.78, 5) is 11.3. The molecule has 0 aromatic heterocycles. The first-order valence-electron chi connectivity index (χ1n) is 6.27. The van der Waals surface area contributed by atoms with Gasteiger partial charge in [-0.3, -0.25) is 4.79 Å². The first-order valence-corrected chi connectivity index (χ1v) is 7.42. The molecule has 0 radical (unpaired) electrons. The maximum absolute atomic E-state index is 11.3. The molecule has 0 fully saturated rings. The summed E-state index contributed by atoms with van der Waals surface area (Å²) in [5, 5.41) is 5.87. The Morgan fingerprint density at radius 2 is 1.89 bits per heavy atom.